The Labute approximate surface area is 111 Å². The highest BCUT2D eigenvalue weighted by molar-refractivity contribution is 5.77. The molecular weight excluding hydrogens is 247 g/mol. The minimum atomic E-state index is -0.938. The molecule has 5 heteroatoms. The smallest absolute Gasteiger partial charge is 0.149 e. The number of alkyl halides is 1. The van der Waals surface area contributed by atoms with Crippen LogP contribution in [0.3, 0.4) is 0 Å². The van der Waals surface area contributed by atoms with E-state index >= 15 is 0 Å². The van der Waals surface area contributed by atoms with Gasteiger partial charge in [-0.15, -0.1) is 0 Å². The normalized spacial score (nSPS) is 23.5. The molecule has 0 aromatic heterocycles. The van der Waals surface area contributed by atoms with Gasteiger partial charge in [0.15, 0.2) is 0 Å². The number of hydrogen-bond acceptors (Lipinski definition) is 4. The number of aliphatic imine (C=N–C) groups is 1. The third-order valence-corrected chi connectivity index (χ3v) is 2.68. The molecule has 0 amide bonds. The second kappa shape index (κ2) is 6.22. The second-order valence-corrected chi connectivity index (χ2v) is 4.16. The Bertz CT molecular complexity index is 490. The van der Waals surface area contributed by atoms with Gasteiger partial charge in [0, 0.05) is 18.2 Å². The van der Waals surface area contributed by atoms with E-state index in [1.54, 1.807) is 19.1 Å². The molecule has 1 radical (unpaired) electrons. The highest BCUT2D eigenvalue weighted by atomic mass is 19.1. The van der Waals surface area contributed by atoms with E-state index in [-0.39, 0.29) is 12.4 Å². The van der Waals surface area contributed by atoms with Crippen molar-refractivity contribution >= 4 is 6.21 Å². The molecule has 0 aromatic carbocycles. The van der Waals surface area contributed by atoms with Crippen LogP contribution in [0.1, 0.15) is 13.3 Å². The number of allylic oxidation sites excluding steroid dienone is 5. The molecule has 0 spiro atoms. The molecule has 19 heavy (non-hydrogen) atoms. The molecule has 0 aromatic rings. The Hall–Kier alpha value is -2.04. The van der Waals surface area contributed by atoms with E-state index in [1.807, 2.05) is 12.5 Å². The summed E-state index contributed by atoms with van der Waals surface area (Å²) < 4.78 is 18.4. The van der Waals surface area contributed by atoms with E-state index in [0.717, 1.165) is 5.57 Å². The summed E-state index contributed by atoms with van der Waals surface area (Å²) in [4.78, 5) is 4.06. The molecule has 2 rings (SSSR count). The van der Waals surface area contributed by atoms with Crippen LogP contribution < -0.4 is 5.32 Å². The van der Waals surface area contributed by atoms with Crippen molar-refractivity contribution in [1.82, 2.24) is 5.32 Å². The Morgan fingerprint density at radius 2 is 2.32 bits per heavy atom. The van der Waals surface area contributed by atoms with E-state index in [2.05, 4.69) is 10.3 Å². The molecule has 2 aliphatic rings. The lowest BCUT2D eigenvalue weighted by Crippen LogP contribution is -2.13. The standard InChI is InChI=1S/C14H16FN2O2/c1-2-11(15)9-19-13-5-3-10(4-6-13)14-16-7-12(18)8-17-14/h3-8,11,16,18H,2,9H2,1H3/t11-/m1/s1. The number of halogens is 1. The zero-order chi connectivity index (χ0) is 13.7. The van der Waals surface area contributed by atoms with Crippen molar-refractivity contribution in [3.8, 4) is 0 Å². The Kier molecular flexibility index (Phi) is 4.39. The van der Waals surface area contributed by atoms with Gasteiger partial charge >= 0.3 is 0 Å². The minimum Gasteiger partial charge on any atom is -0.505 e. The van der Waals surface area contributed by atoms with Crippen LogP contribution in [0.25, 0.3) is 0 Å². The number of nitrogens with zero attached hydrogens (tertiary/aromatic N) is 1. The van der Waals surface area contributed by atoms with Gasteiger partial charge in [-0.25, -0.2) is 9.38 Å². The number of rotatable bonds is 4. The van der Waals surface area contributed by atoms with Crippen LogP contribution in [-0.2, 0) is 4.74 Å². The second-order valence-electron chi connectivity index (χ2n) is 4.16. The first-order valence-corrected chi connectivity index (χ1v) is 6.13. The number of aliphatic hydroxyl groups excluding tert-OH is 1. The van der Waals surface area contributed by atoms with Crippen molar-refractivity contribution in [2.24, 2.45) is 4.99 Å². The molecular formula is C14H16FN2O2. The Morgan fingerprint density at radius 3 is 2.89 bits per heavy atom. The average Bonchev–Trinajstić information content (AvgIpc) is 2.46. The average molecular weight is 263 g/mol. The van der Waals surface area contributed by atoms with Gasteiger partial charge in [0.2, 0.25) is 0 Å². The summed E-state index contributed by atoms with van der Waals surface area (Å²) in [5.41, 5.74) is 0.861. The van der Waals surface area contributed by atoms with Gasteiger partial charge in [-0.3, -0.25) is 0 Å². The molecule has 101 valence electrons. The molecule has 0 bridgehead atoms. The molecule has 1 atom stereocenters. The topological polar surface area (TPSA) is 53.9 Å². The summed E-state index contributed by atoms with van der Waals surface area (Å²) in [5.74, 6) is 1.34. The van der Waals surface area contributed by atoms with Crippen molar-refractivity contribution in [3.05, 3.63) is 53.8 Å². The van der Waals surface area contributed by atoms with Gasteiger partial charge in [0.25, 0.3) is 0 Å². The van der Waals surface area contributed by atoms with E-state index < -0.39 is 6.17 Å². The summed E-state index contributed by atoms with van der Waals surface area (Å²) in [6.45, 7) is 1.85. The predicted octanol–water partition coefficient (Wildman–Crippen LogP) is 2.69. The third kappa shape index (κ3) is 3.71. The summed E-state index contributed by atoms with van der Waals surface area (Å²) in [7, 11) is 0. The van der Waals surface area contributed by atoms with Gasteiger partial charge in [0.05, 0.1) is 6.21 Å². The van der Waals surface area contributed by atoms with Gasteiger partial charge in [-0.2, -0.15) is 0 Å². The van der Waals surface area contributed by atoms with Crippen molar-refractivity contribution in [2.75, 3.05) is 6.61 Å². The summed E-state index contributed by atoms with van der Waals surface area (Å²) in [5, 5.41) is 12.0. The predicted molar refractivity (Wildman–Crippen MR) is 72.0 cm³/mol. The fraction of sp³-hybridized carbons (Fsp3) is 0.286. The number of aliphatic hydroxyl groups is 1. The van der Waals surface area contributed by atoms with Crippen LogP contribution in [0, 0.1) is 6.42 Å². The first kappa shape index (κ1) is 13.4. The van der Waals surface area contributed by atoms with Gasteiger partial charge in [-0.05, 0) is 18.6 Å². The number of nitrogens with one attached hydrogen (secondary N) is 1. The summed E-state index contributed by atoms with van der Waals surface area (Å²) >= 11 is 0. The molecule has 1 heterocycles. The van der Waals surface area contributed by atoms with Crippen LogP contribution >= 0.6 is 0 Å². The van der Waals surface area contributed by atoms with E-state index in [4.69, 9.17) is 9.84 Å². The highest BCUT2D eigenvalue weighted by Gasteiger charge is 2.11. The number of ether oxygens (including phenoxy) is 1. The largest absolute Gasteiger partial charge is 0.505 e. The Morgan fingerprint density at radius 1 is 1.47 bits per heavy atom. The molecule has 4 nitrogen and oxygen atoms in total. The van der Waals surface area contributed by atoms with Crippen LogP contribution in [0.15, 0.2) is 52.3 Å². The van der Waals surface area contributed by atoms with E-state index in [0.29, 0.717) is 18.0 Å². The fourth-order valence-electron chi connectivity index (χ4n) is 1.52. The molecule has 0 unspecified atom stereocenters. The molecule has 0 saturated heterocycles. The summed E-state index contributed by atoms with van der Waals surface area (Å²) in [6, 6.07) is 0. The van der Waals surface area contributed by atoms with Gasteiger partial charge in [0.1, 0.15) is 30.1 Å². The van der Waals surface area contributed by atoms with Crippen molar-refractivity contribution < 1.29 is 14.2 Å². The quantitative estimate of drug-likeness (QED) is 0.820. The van der Waals surface area contributed by atoms with E-state index in [9.17, 15) is 4.39 Å². The summed E-state index contributed by atoms with van der Waals surface area (Å²) in [6.07, 6.45) is 9.51. The number of hydrogen-bond donors (Lipinski definition) is 2. The van der Waals surface area contributed by atoms with Crippen molar-refractivity contribution in [1.29, 1.82) is 0 Å². The van der Waals surface area contributed by atoms with E-state index in [1.165, 1.54) is 12.4 Å². The van der Waals surface area contributed by atoms with Crippen LogP contribution in [-0.4, -0.2) is 24.1 Å². The molecule has 0 saturated carbocycles. The molecule has 1 aliphatic carbocycles. The highest BCUT2D eigenvalue weighted by Crippen LogP contribution is 2.20. The van der Waals surface area contributed by atoms with Crippen LogP contribution in [0.2, 0.25) is 0 Å². The maximum Gasteiger partial charge on any atom is 0.149 e. The zero-order valence-corrected chi connectivity index (χ0v) is 10.6. The molecule has 1 aliphatic heterocycles. The lowest BCUT2D eigenvalue weighted by Gasteiger charge is -2.15. The van der Waals surface area contributed by atoms with Crippen LogP contribution in [0.5, 0.6) is 0 Å². The SMILES string of the molecule is CC[C@@H](F)COC1=C[CH]/C(=C2\N=CC(O)=CN2)C=C1. The molecule has 0 fully saturated rings. The first-order chi connectivity index (χ1) is 9.19. The lowest BCUT2D eigenvalue weighted by atomic mass is 10.1. The lowest BCUT2D eigenvalue weighted by molar-refractivity contribution is 0.138. The monoisotopic (exact) mass is 263 g/mol. The van der Waals surface area contributed by atoms with Gasteiger partial charge < -0.3 is 15.2 Å². The molecule has 2 N–H and O–H groups in total. The van der Waals surface area contributed by atoms with Crippen molar-refractivity contribution in [2.45, 2.75) is 19.5 Å². The fourth-order valence-corrected chi connectivity index (χ4v) is 1.52. The maximum absolute atomic E-state index is 13.0. The minimum absolute atomic E-state index is 0.0689. The Balaban J connectivity index is 1.92. The zero-order valence-electron chi connectivity index (χ0n) is 10.6. The van der Waals surface area contributed by atoms with Crippen LogP contribution in [0.4, 0.5) is 4.39 Å². The maximum atomic E-state index is 13.0. The van der Waals surface area contributed by atoms with Crippen molar-refractivity contribution in [3.63, 3.8) is 0 Å². The third-order valence-electron chi connectivity index (χ3n) is 2.68. The van der Waals surface area contributed by atoms with Gasteiger partial charge in [-0.1, -0.05) is 13.0 Å². The first-order valence-electron chi connectivity index (χ1n) is 6.13.